The second-order valence-electron chi connectivity index (χ2n) is 5.45. The van der Waals surface area contributed by atoms with Crippen LogP contribution in [0.15, 0.2) is 36.4 Å². The van der Waals surface area contributed by atoms with Gasteiger partial charge in [0.25, 0.3) is 5.91 Å². The van der Waals surface area contributed by atoms with Gasteiger partial charge in [-0.1, -0.05) is 23.7 Å². The van der Waals surface area contributed by atoms with E-state index in [1.807, 2.05) is 0 Å². The van der Waals surface area contributed by atoms with Crippen molar-refractivity contribution in [1.82, 2.24) is 5.32 Å². The lowest BCUT2D eigenvalue weighted by atomic mass is 10.2. The van der Waals surface area contributed by atoms with E-state index >= 15 is 0 Å². The first kappa shape index (κ1) is 17.4. The first-order chi connectivity index (χ1) is 12.1. The summed E-state index contributed by atoms with van der Waals surface area (Å²) in [5, 5.41) is 3.13. The molecular weight excluding hydrogens is 349 g/mol. The van der Waals surface area contributed by atoms with Gasteiger partial charge in [-0.25, -0.2) is 4.39 Å². The van der Waals surface area contributed by atoms with E-state index in [-0.39, 0.29) is 24.8 Å². The highest BCUT2D eigenvalue weighted by atomic mass is 35.5. The number of para-hydroxylation sites is 1. The van der Waals surface area contributed by atoms with E-state index in [2.05, 4.69) is 5.32 Å². The number of carbonyl (C=O) groups is 1. The number of amides is 1. The third-order valence-electron chi connectivity index (χ3n) is 3.55. The zero-order valence-electron chi connectivity index (χ0n) is 13.4. The van der Waals surface area contributed by atoms with Crippen LogP contribution in [0.4, 0.5) is 4.39 Å². The maximum atomic E-state index is 13.4. The van der Waals surface area contributed by atoms with Gasteiger partial charge in [-0.2, -0.15) is 0 Å². The largest absolute Gasteiger partial charge is 0.489 e. The summed E-state index contributed by atoms with van der Waals surface area (Å²) in [6.45, 7) is 1.07. The van der Waals surface area contributed by atoms with E-state index in [9.17, 15) is 9.18 Å². The molecular formula is C18H17ClFNO4. The fraction of sp³-hybridized carbons (Fsp3) is 0.278. The molecule has 132 valence electrons. The highest BCUT2D eigenvalue weighted by Crippen LogP contribution is 2.37. The molecule has 1 amide bonds. The zero-order chi connectivity index (χ0) is 17.6. The lowest BCUT2D eigenvalue weighted by molar-refractivity contribution is -0.123. The molecule has 1 aliphatic rings. The van der Waals surface area contributed by atoms with Crippen LogP contribution in [0.5, 0.6) is 17.2 Å². The van der Waals surface area contributed by atoms with E-state index in [0.717, 1.165) is 12.0 Å². The van der Waals surface area contributed by atoms with Gasteiger partial charge in [0.1, 0.15) is 0 Å². The summed E-state index contributed by atoms with van der Waals surface area (Å²) in [4.78, 5) is 11.9. The molecule has 2 aromatic carbocycles. The monoisotopic (exact) mass is 365 g/mol. The fourth-order valence-electron chi connectivity index (χ4n) is 2.34. The van der Waals surface area contributed by atoms with Crippen LogP contribution in [-0.2, 0) is 11.3 Å². The van der Waals surface area contributed by atoms with Gasteiger partial charge < -0.3 is 19.5 Å². The fourth-order valence-corrected chi connectivity index (χ4v) is 2.63. The summed E-state index contributed by atoms with van der Waals surface area (Å²) in [7, 11) is 0. The molecule has 0 saturated carbocycles. The summed E-state index contributed by atoms with van der Waals surface area (Å²) >= 11 is 6.21. The second kappa shape index (κ2) is 8.07. The van der Waals surface area contributed by atoms with Crippen LogP contribution in [0, 0.1) is 5.82 Å². The average molecular weight is 366 g/mol. The van der Waals surface area contributed by atoms with Gasteiger partial charge in [0.2, 0.25) is 0 Å². The summed E-state index contributed by atoms with van der Waals surface area (Å²) in [5.74, 6) is 0.252. The molecule has 0 saturated heterocycles. The van der Waals surface area contributed by atoms with Gasteiger partial charge in [0.15, 0.2) is 29.7 Å². The van der Waals surface area contributed by atoms with Gasteiger partial charge in [-0.05, 0) is 29.8 Å². The minimum absolute atomic E-state index is 0.0382. The first-order valence-electron chi connectivity index (χ1n) is 7.85. The van der Waals surface area contributed by atoms with Crippen LogP contribution < -0.4 is 19.5 Å². The first-order valence-corrected chi connectivity index (χ1v) is 8.23. The van der Waals surface area contributed by atoms with Crippen molar-refractivity contribution in [3.8, 4) is 17.2 Å². The molecule has 0 radical (unpaired) electrons. The number of halogens is 2. The molecule has 25 heavy (non-hydrogen) atoms. The number of ether oxygens (including phenoxy) is 3. The third kappa shape index (κ3) is 4.54. The molecule has 7 heteroatoms. The lowest BCUT2D eigenvalue weighted by Gasteiger charge is -2.12. The molecule has 5 nitrogen and oxygen atoms in total. The van der Waals surface area contributed by atoms with Crippen molar-refractivity contribution in [3.63, 3.8) is 0 Å². The van der Waals surface area contributed by atoms with Crippen molar-refractivity contribution in [2.75, 3.05) is 19.8 Å². The SMILES string of the molecule is O=C(COc1ccccc1F)NCc1cc(Cl)c2c(c1)OCCCO2. The maximum absolute atomic E-state index is 13.4. The second-order valence-corrected chi connectivity index (χ2v) is 5.86. The van der Waals surface area contributed by atoms with Crippen molar-refractivity contribution in [3.05, 3.63) is 52.8 Å². The van der Waals surface area contributed by atoms with Gasteiger partial charge in [0.05, 0.1) is 18.2 Å². The highest BCUT2D eigenvalue weighted by molar-refractivity contribution is 6.32. The number of rotatable bonds is 5. The molecule has 1 N–H and O–H groups in total. The third-order valence-corrected chi connectivity index (χ3v) is 3.83. The van der Waals surface area contributed by atoms with Gasteiger partial charge in [-0.3, -0.25) is 4.79 Å². The Kier molecular flexibility index (Phi) is 5.60. The van der Waals surface area contributed by atoms with E-state index < -0.39 is 5.82 Å². The van der Waals surface area contributed by atoms with Gasteiger partial charge >= 0.3 is 0 Å². The Morgan fingerprint density at radius 1 is 1.24 bits per heavy atom. The predicted molar refractivity (Wildman–Crippen MR) is 90.8 cm³/mol. The number of nitrogens with one attached hydrogen (secondary N) is 1. The number of hydrogen-bond donors (Lipinski definition) is 1. The number of hydrogen-bond acceptors (Lipinski definition) is 4. The van der Waals surface area contributed by atoms with E-state index in [1.165, 1.54) is 12.1 Å². The van der Waals surface area contributed by atoms with Crippen LogP contribution >= 0.6 is 11.6 Å². The quantitative estimate of drug-likeness (QED) is 0.883. The molecule has 0 fully saturated rings. The number of benzene rings is 2. The Balaban J connectivity index is 1.56. The Bertz CT molecular complexity index is 769. The van der Waals surface area contributed by atoms with Crippen molar-refractivity contribution in [2.45, 2.75) is 13.0 Å². The van der Waals surface area contributed by atoms with Crippen molar-refractivity contribution in [1.29, 1.82) is 0 Å². The molecule has 1 aliphatic heterocycles. The lowest BCUT2D eigenvalue weighted by Crippen LogP contribution is -2.28. The minimum Gasteiger partial charge on any atom is -0.489 e. The Morgan fingerprint density at radius 2 is 2.04 bits per heavy atom. The molecule has 3 rings (SSSR count). The smallest absolute Gasteiger partial charge is 0.258 e. The molecule has 0 spiro atoms. The van der Waals surface area contributed by atoms with Crippen LogP contribution in [0.25, 0.3) is 0 Å². The Labute approximate surface area is 149 Å². The molecule has 0 aromatic heterocycles. The van der Waals surface area contributed by atoms with Crippen LogP contribution in [-0.4, -0.2) is 25.7 Å². The van der Waals surface area contributed by atoms with Gasteiger partial charge in [-0.15, -0.1) is 0 Å². The van der Waals surface area contributed by atoms with Crippen molar-refractivity contribution >= 4 is 17.5 Å². The molecule has 2 aromatic rings. The van der Waals surface area contributed by atoms with Gasteiger partial charge in [0, 0.05) is 13.0 Å². The summed E-state index contributed by atoms with van der Waals surface area (Å²) in [6, 6.07) is 9.42. The molecule has 0 bridgehead atoms. The summed E-state index contributed by atoms with van der Waals surface area (Å²) in [5.41, 5.74) is 0.772. The number of fused-ring (bicyclic) bond motifs is 1. The molecule has 1 heterocycles. The minimum atomic E-state index is -0.509. The summed E-state index contributed by atoms with van der Waals surface area (Å²) in [6.07, 6.45) is 0.782. The standard InChI is InChI=1S/C18H17ClFNO4/c19-13-8-12(9-16-18(13)24-7-3-6-23-16)10-21-17(22)11-25-15-5-2-1-4-14(15)20/h1-2,4-5,8-9H,3,6-7,10-11H2,(H,21,22). The van der Waals surface area contributed by atoms with Crippen LogP contribution in [0.2, 0.25) is 5.02 Å². The van der Waals surface area contributed by atoms with Crippen LogP contribution in [0.3, 0.4) is 0 Å². The van der Waals surface area contributed by atoms with E-state index in [4.69, 9.17) is 25.8 Å². The number of carbonyl (C=O) groups excluding carboxylic acids is 1. The Hall–Kier alpha value is -2.47. The maximum Gasteiger partial charge on any atom is 0.258 e. The van der Waals surface area contributed by atoms with Crippen molar-refractivity contribution in [2.24, 2.45) is 0 Å². The molecule has 0 unspecified atom stereocenters. The van der Waals surface area contributed by atoms with E-state index in [0.29, 0.717) is 29.7 Å². The topological polar surface area (TPSA) is 56.8 Å². The summed E-state index contributed by atoms with van der Waals surface area (Å²) < 4.78 is 29.8. The zero-order valence-corrected chi connectivity index (χ0v) is 14.1. The molecule has 0 aliphatic carbocycles. The van der Waals surface area contributed by atoms with Crippen LogP contribution in [0.1, 0.15) is 12.0 Å². The Morgan fingerprint density at radius 3 is 2.88 bits per heavy atom. The average Bonchev–Trinajstić information content (AvgIpc) is 2.85. The molecule has 0 atom stereocenters. The van der Waals surface area contributed by atoms with Crippen molar-refractivity contribution < 1.29 is 23.4 Å². The van der Waals surface area contributed by atoms with E-state index in [1.54, 1.807) is 24.3 Å². The predicted octanol–water partition coefficient (Wildman–Crippen LogP) is 3.34. The highest BCUT2D eigenvalue weighted by Gasteiger charge is 2.16. The normalized spacial score (nSPS) is 13.0.